The van der Waals surface area contributed by atoms with Gasteiger partial charge in [0.25, 0.3) is 0 Å². The van der Waals surface area contributed by atoms with Crippen LogP contribution in [0.5, 0.6) is 0 Å². The normalized spacial score (nSPS) is 12.0. The van der Waals surface area contributed by atoms with E-state index in [1.54, 1.807) is 0 Å². The molecule has 0 atom stereocenters. The Labute approximate surface area is 462 Å². The summed E-state index contributed by atoms with van der Waals surface area (Å²) in [6.45, 7) is 6.69. The number of nitrogens with zero attached hydrogens (tertiary/aromatic N) is 2. The summed E-state index contributed by atoms with van der Waals surface area (Å²) >= 11 is 0. The lowest BCUT2D eigenvalue weighted by molar-refractivity contribution is 0.518. The predicted octanol–water partition coefficient (Wildman–Crippen LogP) is 25.4. The zero-order chi connectivity index (χ0) is 52.6. The summed E-state index contributed by atoms with van der Waals surface area (Å²) in [6.07, 6.45) is 80.0. The molecule has 0 amide bonds. The Hall–Kier alpha value is -3.18. The first-order valence-corrected chi connectivity index (χ1v) is 32.9. The van der Waals surface area contributed by atoms with Gasteiger partial charge in [-0.2, -0.15) is 0 Å². The first-order chi connectivity index (χ1) is 36.7. The van der Waals surface area contributed by atoms with Gasteiger partial charge in [0.15, 0.2) is 0 Å². The number of rotatable bonds is 53. The van der Waals surface area contributed by atoms with Crippen LogP contribution < -0.4 is 0 Å². The van der Waals surface area contributed by atoms with E-state index in [0.717, 1.165) is 30.6 Å². The molecule has 2 heteroatoms. The molecule has 0 heterocycles. The van der Waals surface area contributed by atoms with Crippen molar-refractivity contribution >= 4 is 35.5 Å². The lowest BCUT2D eigenvalue weighted by Crippen LogP contribution is -1.95. The van der Waals surface area contributed by atoms with E-state index in [4.69, 9.17) is 9.98 Å². The van der Waals surface area contributed by atoms with Crippen LogP contribution in [0.2, 0.25) is 0 Å². The number of unbranched alkanes of at least 4 members (excludes halogenated alkanes) is 46. The highest BCUT2D eigenvalue weighted by Gasteiger charge is 2.01. The minimum atomic E-state index is 0.694. The predicted molar refractivity (Wildman–Crippen MR) is 337 cm³/mol. The molecule has 0 saturated carbocycles. The number of hydrogen-bond acceptors (Lipinski definition) is 2. The summed E-state index contributed by atoms with van der Waals surface area (Å²) in [4.78, 5) is 9.74. The number of hydrogen-bond donors (Lipinski definition) is 0. The Morgan fingerprint density at radius 3 is 0.946 bits per heavy atom. The Morgan fingerprint density at radius 1 is 0.351 bits per heavy atom. The van der Waals surface area contributed by atoms with Crippen LogP contribution in [0.15, 0.2) is 70.7 Å². The van der Waals surface area contributed by atoms with E-state index in [1.807, 2.05) is 6.21 Å². The fraction of sp³-hybridized carbons (Fsp3) is 0.722. The number of allylic oxidation sites excluding steroid dienone is 2. The zero-order valence-corrected chi connectivity index (χ0v) is 49.5. The lowest BCUT2D eigenvalue weighted by Gasteiger charge is -2.04. The molecule has 0 aliphatic rings. The zero-order valence-electron chi connectivity index (χ0n) is 49.5. The molecule has 2 aromatic rings. The minimum Gasteiger partial charge on any atom is -0.254 e. The van der Waals surface area contributed by atoms with Crippen molar-refractivity contribution in [1.29, 1.82) is 0 Å². The fourth-order valence-corrected chi connectivity index (χ4v) is 10.5. The SMILES string of the molecule is CCC#CC(C=Nc1cccc(C=CCCCCCCCCCCCCCCCCCCCCCCCCC)c1)=Nc1cccc(C=CCCCCCCCCCCCCCCCCCCCCCCCCC)c1. The average molecular weight is 1010 g/mol. The summed E-state index contributed by atoms with van der Waals surface area (Å²) in [5.74, 6) is 6.46. The maximum Gasteiger partial charge on any atom is 0.132 e. The maximum absolute atomic E-state index is 4.92. The average Bonchev–Trinajstić information content (AvgIpc) is 3.41. The van der Waals surface area contributed by atoms with Gasteiger partial charge in [0.2, 0.25) is 0 Å². The monoisotopic (exact) mass is 1010 g/mol. The molecule has 2 nitrogen and oxygen atoms in total. The third kappa shape index (κ3) is 45.1. The first kappa shape index (κ1) is 66.9. The van der Waals surface area contributed by atoms with Crippen LogP contribution in [0.3, 0.4) is 0 Å². The second-order valence-corrected chi connectivity index (χ2v) is 22.5. The van der Waals surface area contributed by atoms with Gasteiger partial charge in [-0.25, -0.2) is 4.99 Å². The van der Waals surface area contributed by atoms with E-state index in [1.165, 1.54) is 306 Å². The molecule has 0 radical (unpaired) electrons. The molecule has 0 fully saturated rings. The third-order valence-electron chi connectivity index (χ3n) is 15.3. The second kappa shape index (κ2) is 54.6. The topological polar surface area (TPSA) is 24.7 Å². The van der Waals surface area contributed by atoms with Gasteiger partial charge >= 0.3 is 0 Å². The standard InChI is InChI=1S/C72H120N2/c1-4-7-10-12-14-16-18-20-22-24-26-28-30-32-34-36-38-40-42-44-46-48-50-52-54-58-68-60-56-63-70(65-68)73-67-72(62-9-6-3)74-71-64-57-61-69(66-71)59-55-53-51-49-47-45-43-41-39-37-35-33-31-29-27-25-23-21-19-17-15-13-11-8-5-2/h54-61,63-67H,4-8,10-53H2,1-3H3. The van der Waals surface area contributed by atoms with Crippen LogP contribution in [0, 0.1) is 11.8 Å². The second-order valence-electron chi connectivity index (χ2n) is 22.5. The first-order valence-electron chi connectivity index (χ1n) is 32.9. The molecule has 2 aromatic carbocycles. The summed E-state index contributed by atoms with van der Waals surface area (Å²) < 4.78 is 0. The molecule has 74 heavy (non-hydrogen) atoms. The van der Waals surface area contributed by atoms with E-state index < -0.39 is 0 Å². The summed E-state index contributed by atoms with van der Waals surface area (Å²) in [5.41, 5.74) is 4.93. The van der Waals surface area contributed by atoms with E-state index in [9.17, 15) is 0 Å². The molecular formula is C72H120N2. The van der Waals surface area contributed by atoms with Crippen LogP contribution in [-0.2, 0) is 0 Å². The molecule has 0 saturated heterocycles. The summed E-state index contributed by atoms with van der Waals surface area (Å²) in [7, 11) is 0. The fourth-order valence-electron chi connectivity index (χ4n) is 10.5. The molecule has 0 aromatic heterocycles. The molecule has 0 N–H and O–H groups in total. The van der Waals surface area contributed by atoms with E-state index in [-0.39, 0.29) is 0 Å². The summed E-state index contributed by atoms with van der Waals surface area (Å²) in [6, 6.07) is 17.0. The highest BCUT2D eigenvalue weighted by molar-refractivity contribution is 6.39. The van der Waals surface area contributed by atoms with E-state index in [2.05, 4.69) is 105 Å². The van der Waals surface area contributed by atoms with Crippen LogP contribution in [0.25, 0.3) is 12.2 Å². The van der Waals surface area contributed by atoms with Gasteiger partial charge in [0.05, 0.1) is 17.6 Å². The van der Waals surface area contributed by atoms with Gasteiger partial charge < -0.3 is 0 Å². The Kier molecular flexibility index (Phi) is 49.4. The Morgan fingerprint density at radius 2 is 0.635 bits per heavy atom. The Bertz CT molecular complexity index is 1680. The van der Waals surface area contributed by atoms with Gasteiger partial charge in [-0.05, 0) is 67.0 Å². The molecule has 418 valence electrons. The van der Waals surface area contributed by atoms with Gasteiger partial charge in [-0.15, -0.1) is 0 Å². The smallest absolute Gasteiger partial charge is 0.132 e. The molecule has 0 aliphatic heterocycles. The van der Waals surface area contributed by atoms with Crippen molar-refractivity contribution in [2.45, 2.75) is 335 Å². The quantitative estimate of drug-likeness (QED) is 0.0358. The van der Waals surface area contributed by atoms with Crippen molar-refractivity contribution in [2.75, 3.05) is 0 Å². The van der Waals surface area contributed by atoms with Gasteiger partial charge in [-0.1, -0.05) is 358 Å². The molecule has 0 spiro atoms. The van der Waals surface area contributed by atoms with Crippen molar-refractivity contribution in [3.63, 3.8) is 0 Å². The van der Waals surface area contributed by atoms with Gasteiger partial charge in [0.1, 0.15) is 5.71 Å². The number of benzene rings is 2. The van der Waals surface area contributed by atoms with Crippen molar-refractivity contribution in [3.8, 4) is 11.8 Å². The van der Waals surface area contributed by atoms with Crippen molar-refractivity contribution in [1.82, 2.24) is 0 Å². The highest BCUT2D eigenvalue weighted by atomic mass is 14.8. The van der Waals surface area contributed by atoms with Crippen molar-refractivity contribution < 1.29 is 0 Å². The largest absolute Gasteiger partial charge is 0.254 e. The van der Waals surface area contributed by atoms with E-state index >= 15 is 0 Å². The van der Waals surface area contributed by atoms with Crippen molar-refractivity contribution in [2.24, 2.45) is 9.98 Å². The van der Waals surface area contributed by atoms with Crippen LogP contribution in [0.1, 0.15) is 347 Å². The maximum atomic E-state index is 4.92. The van der Waals surface area contributed by atoms with Gasteiger partial charge in [-0.3, -0.25) is 4.99 Å². The van der Waals surface area contributed by atoms with Crippen molar-refractivity contribution in [3.05, 3.63) is 71.8 Å². The minimum absolute atomic E-state index is 0.694. The van der Waals surface area contributed by atoms with Crippen LogP contribution in [0.4, 0.5) is 11.4 Å². The Balaban J connectivity index is 1.49. The molecular weight excluding hydrogens is 893 g/mol. The summed E-state index contributed by atoms with van der Waals surface area (Å²) in [5, 5.41) is 0. The van der Waals surface area contributed by atoms with E-state index in [0.29, 0.717) is 5.71 Å². The highest BCUT2D eigenvalue weighted by Crippen LogP contribution is 2.21. The van der Waals surface area contributed by atoms with Crippen LogP contribution >= 0.6 is 0 Å². The molecule has 2 rings (SSSR count). The van der Waals surface area contributed by atoms with Crippen LogP contribution in [-0.4, -0.2) is 11.9 Å². The third-order valence-corrected chi connectivity index (χ3v) is 15.3. The van der Waals surface area contributed by atoms with Gasteiger partial charge in [0, 0.05) is 6.42 Å². The molecule has 0 unspecified atom stereocenters. The number of aliphatic imine (C=N–C) groups is 2. The lowest BCUT2D eigenvalue weighted by atomic mass is 10.0. The molecule has 0 bridgehead atoms. The molecule has 0 aliphatic carbocycles.